The fourth-order valence-corrected chi connectivity index (χ4v) is 3.46. The van der Waals surface area contributed by atoms with E-state index in [1.54, 1.807) is 0 Å². The van der Waals surface area contributed by atoms with Crippen LogP contribution in [0.2, 0.25) is 0 Å². The molecule has 0 amide bonds. The third-order valence-electron chi connectivity index (χ3n) is 4.95. The minimum Gasteiger partial charge on any atom is -0.382 e. The van der Waals surface area contributed by atoms with E-state index in [0.29, 0.717) is 12.1 Å². The number of nitrogens with one attached hydrogen (secondary N) is 1. The third-order valence-corrected chi connectivity index (χ3v) is 4.95. The summed E-state index contributed by atoms with van der Waals surface area (Å²) in [6.45, 7) is 8.04. The van der Waals surface area contributed by atoms with Crippen molar-refractivity contribution in [2.45, 2.75) is 45.2 Å². The zero-order chi connectivity index (χ0) is 14.1. The summed E-state index contributed by atoms with van der Waals surface area (Å²) in [6, 6.07) is 8.28. The van der Waals surface area contributed by atoms with E-state index < -0.39 is 0 Å². The molecule has 0 spiro atoms. The van der Waals surface area contributed by atoms with Gasteiger partial charge in [0, 0.05) is 43.1 Å². The lowest BCUT2D eigenvalue weighted by atomic mass is 9.98. The van der Waals surface area contributed by atoms with Gasteiger partial charge in [0.1, 0.15) is 0 Å². The molecule has 1 aromatic rings. The highest BCUT2D eigenvalue weighted by Gasteiger charge is 2.24. The molecule has 2 atom stereocenters. The molecule has 2 aliphatic rings. The molecule has 2 aliphatic heterocycles. The van der Waals surface area contributed by atoms with E-state index in [1.807, 2.05) is 0 Å². The maximum atomic E-state index is 3.59. The number of aryl methyl sites for hydroxylation is 1. The number of fused-ring (bicyclic) bond motifs is 1. The van der Waals surface area contributed by atoms with Crippen LogP contribution in [-0.4, -0.2) is 43.7 Å². The summed E-state index contributed by atoms with van der Waals surface area (Å²) in [7, 11) is 2.25. The molecule has 1 fully saturated rings. The number of piperazine rings is 1. The molecule has 1 N–H and O–H groups in total. The first-order valence-corrected chi connectivity index (χ1v) is 8.02. The number of hydrogen-bond donors (Lipinski definition) is 1. The van der Waals surface area contributed by atoms with Gasteiger partial charge in [-0.25, -0.2) is 0 Å². The highest BCUT2D eigenvalue weighted by molar-refractivity contribution is 5.62. The molecule has 1 aromatic carbocycles. The highest BCUT2D eigenvalue weighted by Crippen LogP contribution is 2.30. The molecule has 0 bridgehead atoms. The van der Waals surface area contributed by atoms with Crippen molar-refractivity contribution < 1.29 is 0 Å². The molecule has 0 saturated carbocycles. The number of hydrogen-bond acceptors (Lipinski definition) is 3. The van der Waals surface area contributed by atoms with Gasteiger partial charge in [-0.05, 0) is 57.0 Å². The first-order valence-electron chi connectivity index (χ1n) is 8.02. The van der Waals surface area contributed by atoms with Gasteiger partial charge in [-0.2, -0.15) is 0 Å². The van der Waals surface area contributed by atoms with Gasteiger partial charge in [-0.15, -0.1) is 0 Å². The molecule has 110 valence electrons. The molecule has 0 radical (unpaired) electrons. The molecule has 0 aromatic heterocycles. The molecule has 1 saturated heterocycles. The second-order valence-corrected chi connectivity index (χ2v) is 6.41. The summed E-state index contributed by atoms with van der Waals surface area (Å²) in [5.74, 6) is 0. The van der Waals surface area contributed by atoms with Crippen LogP contribution in [-0.2, 0) is 6.42 Å². The zero-order valence-electron chi connectivity index (χ0n) is 13.0. The summed E-state index contributed by atoms with van der Waals surface area (Å²) >= 11 is 0. The topological polar surface area (TPSA) is 18.5 Å². The van der Waals surface area contributed by atoms with E-state index in [-0.39, 0.29) is 0 Å². The maximum Gasteiger partial charge on any atom is 0.0376 e. The smallest absolute Gasteiger partial charge is 0.0376 e. The molecule has 2 unspecified atom stereocenters. The lowest BCUT2D eigenvalue weighted by Crippen LogP contribution is -2.51. The van der Waals surface area contributed by atoms with Crippen LogP contribution in [0.1, 0.15) is 32.3 Å². The molecule has 3 nitrogen and oxygen atoms in total. The van der Waals surface area contributed by atoms with Crippen molar-refractivity contribution in [3.8, 4) is 0 Å². The molecule has 0 aliphatic carbocycles. The summed E-state index contributed by atoms with van der Waals surface area (Å²) in [6.07, 6.45) is 3.69. The van der Waals surface area contributed by atoms with Crippen LogP contribution < -0.4 is 10.2 Å². The van der Waals surface area contributed by atoms with Crippen LogP contribution in [0.5, 0.6) is 0 Å². The Morgan fingerprint density at radius 3 is 2.95 bits per heavy atom. The van der Waals surface area contributed by atoms with E-state index >= 15 is 0 Å². The van der Waals surface area contributed by atoms with Crippen LogP contribution in [0.15, 0.2) is 18.2 Å². The second kappa shape index (κ2) is 5.65. The first-order chi connectivity index (χ1) is 9.67. The van der Waals surface area contributed by atoms with Gasteiger partial charge < -0.3 is 10.2 Å². The normalized spacial score (nSPS) is 27.1. The van der Waals surface area contributed by atoms with E-state index in [4.69, 9.17) is 0 Å². The predicted octanol–water partition coefficient (Wildman–Crippen LogP) is 2.96. The van der Waals surface area contributed by atoms with Crippen molar-refractivity contribution in [1.29, 1.82) is 0 Å². The van der Waals surface area contributed by atoms with E-state index in [1.165, 1.54) is 42.7 Å². The summed E-state index contributed by atoms with van der Waals surface area (Å²) in [5, 5.41) is 3.59. The van der Waals surface area contributed by atoms with Gasteiger partial charge >= 0.3 is 0 Å². The molecule has 20 heavy (non-hydrogen) atoms. The SMILES string of the molecule is CCC1CN(c2ccc3c(c2)CCC(C)N3)CCN1C. The Balaban J connectivity index is 1.78. The maximum absolute atomic E-state index is 3.59. The van der Waals surface area contributed by atoms with Gasteiger partial charge in [0.2, 0.25) is 0 Å². The third kappa shape index (κ3) is 2.64. The van der Waals surface area contributed by atoms with Crippen molar-refractivity contribution in [2.24, 2.45) is 0 Å². The fraction of sp³-hybridized carbons (Fsp3) is 0.647. The van der Waals surface area contributed by atoms with Crippen LogP contribution in [0.4, 0.5) is 11.4 Å². The van der Waals surface area contributed by atoms with E-state index in [2.05, 4.69) is 54.2 Å². The van der Waals surface area contributed by atoms with Crippen molar-refractivity contribution >= 4 is 11.4 Å². The first kappa shape index (κ1) is 13.7. The van der Waals surface area contributed by atoms with Gasteiger partial charge in [-0.3, -0.25) is 4.90 Å². The zero-order valence-corrected chi connectivity index (χ0v) is 13.0. The number of rotatable bonds is 2. The Bertz CT molecular complexity index is 471. The summed E-state index contributed by atoms with van der Waals surface area (Å²) in [4.78, 5) is 5.06. The highest BCUT2D eigenvalue weighted by atomic mass is 15.3. The lowest BCUT2D eigenvalue weighted by molar-refractivity contribution is 0.213. The molecule has 2 heterocycles. The van der Waals surface area contributed by atoms with Gasteiger partial charge in [0.15, 0.2) is 0 Å². The second-order valence-electron chi connectivity index (χ2n) is 6.41. The minimum absolute atomic E-state index is 0.612. The Hall–Kier alpha value is -1.22. The van der Waals surface area contributed by atoms with Crippen molar-refractivity contribution in [2.75, 3.05) is 36.9 Å². The van der Waals surface area contributed by atoms with E-state index in [9.17, 15) is 0 Å². The van der Waals surface area contributed by atoms with Crippen LogP contribution in [0, 0.1) is 0 Å². The standard InChI is InChI=1S/C17H27N3/c1-4-15-12-20(10-9-19(15)3)16-7-8-17-14(11-16)6-5-13(2)18-17/h7-8,11,13,15,18H,4-6,9-10,12H2,1-3H3. The molecule has 3 heteroatoms. The van der Waals surface area contributed by atoms with Crippen molar-refractivity contribution in [1.82, 2.24) is 4.90 Å². The van der Waals surface area contributed by atoms with E-state index in [0.717, 1.165) is 13.1 Å². The summed E-state index contributed by atoms with van der Waals surface area (Å²) in [5.41, 5.74) is 4.24. The van der Waals surface area contributed by atoms with Gasteiger partial charge in [-0.1, -0.05) is 6.92 Å². The van der Waals surface area contributed by atoms with Crippen molar-refractivity contribution in [3.63, 3.8) is 0 Å². The van der Waals surface area contributed by atoms with Crippen LogP contribution >= 0.6 is 0 Å². The van der Waals surface area contributed by atoms with Crippen LogP contribution in [0.25, 0.3) is 0 Å². The monoisotopic (exact) mass is 273 g/mol. The largest absolute Gasteiger partial charge is 0.382 e. The Morgan fingerprint density at radius 2 is 2.15 bits per heavy atom. The Kier molecular flexibility index (Phi) is 3.88. The predicted molar refractivity (Wildman–Crippen MR) is 86.8 cm³/mol. The number of benzene rings is 1. The van der Waals surface area contributed by atoms with Gasteiger partial charge in [0.05, 0.1) is 0 Å². The number of likely N-dealkylation sites (N-methyl/N-ethyl adjacent to an activating group) is 1. The fourth-order valence-electron chi connectivity index (χ4n) is 3.46. The van der Waals surface area contributed by atoms with Crippen molar-refractivity contribution in [3.05, 3.63) is 23.8 Å². The van der Waals surface area contributed by atoms with Crippen LogP contribution in [0.3, 0.4) is 0 Å². The molecular formula is C17H27N3. The minimum atomic E-state index is 0.612. The number of anilines is 2. The van der Waals surface area contributed by atoms with Gasteiger partial charge in [0.25, 0.3) is 0 Å². The quantitative estimate of drug-likeness (QED) is 0.894. The average Bonchev–Trinajstić information content (AvgIpc) is 2.47. The Morgan fingerprint density at radius 1 is 1.30 bits per heavy atom. The summed E-state index contributed by atoms with van der Waals surface area (Å²) < 4.78 is 0. The molecule has 3 rings (SSSR count). The lowest BCUT2D eigenvalue weighted by Gasteiger charge is -2.40. The Labute approximate surface area is 123 Å². The average molecular weight is 273 g/mol. The molecular weight excluding hydrogens is 246 g/mol. The number of nitrogens with zero attached hydrogens (tertiary/aromatic N) is 2.